The number of anilines is 2. The van der Waals surface area contributed by atoms with Crippen molar-refractivity contribution in [2.24, 2.45) is 0 Å². The minimum atomic E-state index is -3.19. The fraction of sp³-hybridized carbons (Fsp3) is 0.333. The molecule has 120 valence electrons. The number of hydrogen-bond donors (Lipinski definition) is 2. The number of nitrogens with one attached hydrogen (secondary N) is 1. The van der Waals surface area contributed by atoms with Gasteiger partial charge >= 0.3 is 0 Å². The van der Waals surface area contributed by atoms with Crippen LogP contribution in [0.25, 0.3) is 0 Å². The molecule has 15 heteroatoms. The van der Waals surface area contributed by atoms with Crippen LogP contribution in [0.3, 0.4) is 0 Å². The zero-order valence-corrected chi connectivity index (χ0v) is 14.7. The third-order valence-electron chi connectivity index (χ3n) is 1.01. The lowest BCUT2D eigenvalue weighted by molar-refractivity contribution is 0.606. The molecule has 0 saturated carbocycles. The lowest BCUT2D eigenvalue weighted by Gasteiger charge is -1.94. The molecule has 0 aliphatic heterocycles. The highest BCUT2D eigenvalue weighted by atomic mass is 35.7. The van der Waals surface area contributed by atoms with Gasteiger partial charge in [-0.3, -0.25) is 4.72 Å². The van der Waals surface area contributed by atoms with Gasteiger partial charge < -0.3 is 5.73 Å². The van der Waals surface area contributed by atoms with E-state index in [1.807, 2.05) is 0 Å². The van der Waals surface area contributed by atoms with Crippen LogP contribution in [-0.2, 0) is 19.1 Å². The maximum absolute atomic E-state index is 10.5. The molecule has 2 aromatic rings. The van der Waals surface area contributed by atoms with E-state index in [4.69, 9.17) is 5.73 Å². The van der Waals surface area contributed by atoms with Crippen LogP contribution < -0.4 is 10.5 Å². The van der Waals surface area contributed by atoms with Crippen LogP contribution >= 0.6 is 33.4 Å². The van der Waals surface area contributed by atoms with E-state index in [-0.39, 0.29) is 0 Å². The summed E-state index contributed by atoms with van der Waals surface area (Å²) in [4.78, 5) is 0. The molecule has 0 amide bonds. The Labute approximate surface area is 133 Å². The molecule has 2 rings (SSSR count). The minimum absolute atomic E-state index is 0.294. The van der Waals surface area contributed by atoms with Crippen molar-refractivity contribution >= 4 is 62.7 Å². The van der Waals surface area contributed by atoms with Gasteiger partial charge in [0.25, 0.3) is 0 Å². The van der Waals surface area contributed by atoms with E-state index in [1.54, 1.807) is 5.51 Å². The number of sulfonamides is 1. The summed E-state index contributed by atoms with van der Waals surface area (Å²) in [6, 6.07) is 0. The largest absolute Gasteiger partial charge is 0.374 e. The summed E-state index contributed by atoms with van der Waals surface area (Å²) < 4.78 is 42.0. The first-order valence-electron chi connectivity index (χ1n) is 4.62. The first-order chi connectivity index (χ1) is 9.47. The fourth-order valence-electron chi connectivity index (χ4n) is 0.558. The molecule has 0 atom stereocenters. The summed E-state index contributed by atoms with van der Waals surface area (Å²) in [6.45, 7) is 0. The van der Waals surface area contributed by atoms with E-state index >= 15 is 0 Å². The number of nitrogens with two attached hydrogens (primary N) is 1. The van der Waals surface area contributed by atoms with Gasteiger partial charge in [-0.25, -0.2) is 16.8 Å². The lowest BCUT2D eigenvalue weighted by Crippen LogP contribution is -2.08. The maximum atomic E-state index is 10.5. The molecule has 0 spiro atoms. The predicted molar refractivity (Wildman–Crippen MR) is 83.4 cm³/mol. The lowest BCUT2D eigenvalue weighted by atomic mass is 11.3. The Kier molecular flexibility index (Phi) is 8.57. The van der Waals surface area contributed by atoms with Crippen LogP contribution in [0.15, 0.2) is 11.0 Å². The first kappa shape index (κ1) is 19.9. The second kappa shape index (κ2) is 9.04. The molecule has 0 saturated heterocycles. The average molecular weight is 395 g/mol. The molecule has 0 bridgehead atoms. The van der Waals surface area contributed by atoms with Gasteiger partial charge in [-0.15, -0.1) is 20.4 Å². The highest BCUT2D eigenvalue weighted by Crippen LogP contribution is 2.08. The summed E-state index contributed by atoms with van der Waals surface area (Å²) in [5.74, 6) is 0. The third-order valence-corrected chi connectivity index (χ3v) is 2.83. The van der Waals surface area contributed by atoms with Crippen LogP contribution in [0.4, 0.5) is 10.3 Å². The summed E-state index contributed by atoms with van der Waals surface area (Å²) in [6.07, 6.45) is 1.99. The second-order valence-electron chi connectivity index (χ2n) is 3.08. The Morgan fingerprint density at radius 1 is 1.10 bits per heavy atom. The summed E-state index contributed by atoms with van der Waals surface area (Å²) in [5.41, 5.74) is 8.17. The Morgan fingerprint density at radius 2 is 1.57 bits per heavy atom. The zero-order chi connectivity index (χ0) is 16.5. The molecule has 0 aliphatic rings. The van der Waals surface area contributed by atoms with Gasteiger partial charge in [0.1, 0.15) is 11.0 Å². The Morgan fingerprint density at radius 3 is 1.81 bits per heavy atom. The number of rotatable bonds is 2. The highest BCUT2D eigenvalue weighted by molar-refractivity contribution is 8.13. The van der Waals surface area contributed by atoms with Crippen molar-refractivity contribution in [3.05, 3.63) is 11.0 Å². The molecule has 0 fully saturated rings. The quantitative estimate of drug-likeness (QED) is 0.679. The summed E-state index contributed by atoms with van der Waals surface area (Å²) in [7, 11) is -1.88. The highest BCUT2D eigenvalue weighted by Gasteiger charge is 2.02. The third kappa shape index (κ3) is 16.9. The smallest absolute Gasteiger partial charge is 0.231 e. The predicted octanol–water partition coefficient (Wildman–Crippen LogP) is 0.215. The van der Waals surface area contributed by atoms with Crippen molar-refractivity contribution in [2.45, 2.75) is 0 Å². The van der Waals surface area contributed by atoms with Crippen LogP contribution in [0.5, 0.6) is 0 Å². The minimum Gasteiger partial charge on any atom is -0.374 e. The van der Waals surface area contributed by atoms with Crippen LogP contribution in [0, 0.1) is 0 Å². The number of aromatic nitrogens is 4. The van der Waals surface area contributed by atoms with E-state index in [0.717, 1.165) is 23.8 Å². The van der Waals surface area contributed by atoms with E-state index in [1.165, 1.54) is 16.8 Å². The van der Waals surface area contributed by atoms with E-state index in [2.05, 4.69) is 35.8 Å². The van der Waals surface area contributed by atoms with Crippen molar-refractivity contribution in [3.63, 3.8) is 0 Å². The topological polar surface area (TPSA) is 158 Å². The maximum Gasteiger partial charge on any atom is 0.231 e. The molecular formula is C6H11ClN6O4S4. The molecule has 2 heterocycles. The molecule has 0 radical (unpaired) electrons. The number of halogens is 1. The fourth-order valence-corrected chi connectivity index (χ4v) is 2.15. The molecule has 3 N–H and O–H groups in total. The van der Waals surface area contributed by atoms with E-state index in [0.29, 0.717) is 10.3 Å². The Balaban J connectivity index is 0.000000312. The van der Waals surface area contributed by atoms with Crippen LogP contribution in [0.1, 0.15) is 0 Å². The first-order valence-corrected chi connectivity index (χ1v) is 11.0. The Bertz CT molecular complexity index is 691. The molecule has 2 aromatic heterocycles. The SMILES string of the molecule is CS(=O)(=O)Cl.CS(=O)(=O)Nc1nncs1.Nc1nncs1. The summed E-state index contributed by atoms with van der Waals surface area (Å²) >= 11 is 2.47. The van der Waals surface area contributed by atoms with E-state index in [9.17, 15) is 16.8 Å². The molecule has 0 aromatic carbocycles. The van der Waals surface area contributed by atoms with Crippen molar-refractivity contribution in [1.29, 1.82) is 0 Å². The molecule has 21 heavy (non-hydrogen) atoms. The van der Waals surface area contributed by atoms with Gasteiger partial charge in [-0.1, -0.05) is 22.7 Å². The van der Waals surface area contributed by atoms with Gasteiger partial charge in [0, 0.05) is 10.7 Å². The average Bonchev–Trinajstić information content (AvgIpc) is 2.87. The molecular weight excluding hydrogens is 384 g/mol. The number of nitrogens with zero attached hydrogens (tertiary/aromatic N) is 4. The van der Waals surface area contributed by atoms with Crippen molar-refractivity contribution in [3.8, 4) is 0 Å². The van der Waals surface area contributed by atoms with Gasteiger partial charge in [-0.05, 0) is 0 Å². The van der Waals surface area contributed by atoms with Gasteiger partial charge in [0.2, 0.25) is 29.3 Å². The number of hydrogen-bond acceptors (Lipinski definition) is 11. The van der Waals surface area contributed by atoms with Crippen LogP contribution in [-0.4, -0.2) is 49.7 Å². The van der Waals surface area contributed by atoms with Crippen molar-refractivity contribution < 1.29 is 16.8 Å². The van der Waals surface area contributed by atoms with Crippen LogP contribution in [0.2, 0.25) is 0 Å². The van der Waals surface area contributed by atoms with E-state index < -0.39 is 19.1 Å². The van der Waals surface area contributed by atoms with Crippen molar-refractivity contribution in [1.82, 2.24) is 20.4 Å². The molecule has 10 nitrogen and oxygen atoms in total. The zero-order valence-electron chi connectivity index (χ0n) is 10.7. The Hall–Kier alpha value is -1.09. The summed E-state index contributed by atoms with van der Waals surface area (Å²) in [5, 5.41) is 14.7. The van der Waals surface area contributed by atoms with Gasteiger partial charge in [0.15, 0.2) is 0 Å². The number of nitrogen functional groups attached to an aromatic ring is 1. The second-order valence-corrected chi connectivity index (χ2v) is 9.57. The molecule has 0 aliphatic carbocycles. The van der Waals surface area contributed by atoms with Gasteiger partial charge in [-0.2, -0.15) is 0 Å². The standard InChI is InChI=1S/C3H5N3O2S2.C2H3N3S.CH3ClO2S/c1-10(7,8)6-3-5-4-2-9-3;3-2-5-4-1-6-2;1-5(2,3)4/h2H,1H3,(H,5,6);1H,(H2,3,5);1H3. The monoisotopic (exact) mass is 394 g/mol. The van der Waals surface area contributed by atoms with Crippen molar-refractivity contribution in [2.75, 3.05) is 23.0 Å². The molecule has 0 unspecified atom stereocenters. The van der Waals surface area contributed by atoms with Gasteiger partial charge in [0.05, 0.1) is 12.5 Å². The normalized spacial score (nSPS) is 10.6.